The van der Waals surface area contributed by atoms with Crippen LogP contribution < -0.4 is 9.64 Å². The summed E-state index contributed by atoms with van der Waals surface area (Å²) in [7, 11) is 0. The Morgan fingerprint density at radius 2 is 1.48 bits per heavy atom. The molecular formula is C52H47N3O12. The Morgan fingerprint density at radius 1 is 0.821 bits per heavy atom. The number of nitro groups is 1. The minimum Gasteiger partial charge on any atom is -0.491 e. The molecule has 0 unspecified atom stereocenters. The maximum absolute atomic E-state index is 16.1. The number of fused-ring (bicyclic) bond motifs is 3. The summed E-state index contributed by atoms with van der Waals surface area (Å²) in [5.41, 5.74) is -1.25. The summed E-state index contributed by atoms with van der Waals surface area (Å²) in [5, 5.41) is 44.1. The molecule has 5 aromatic carbocycles. The summed E-state index contributed by atoms with van der Waals surface area (Å²) in [6.07, 6.45) is 2.28. The van der Waals surface area contributed by atoms with Crippen molar-refractivity contribution in [2.24, 2.45) is 5.92 Å². The van der Waals surface area contributed by atoms with Crippen LogP contribution in [0, 0.1) is 27.9 Å². The molecule has 342 valence electrons. The van der Waals surface area contributed by atoms with Crippen LogP contribution in [-0.2, 0) is 35.9 Å². The van der Waals surface area contributed by atoms with Gasteiger partial charge in [0.15, 0.2) is 0 Å². The van der Waals surface area contributed by atoms with E-state index in [9.17, 15) is 39.8 Å². The van der Waals surface area contributed by atoms with Gasteiger partial charge < -0.3 is 29.5 Å². The van der Waals surface area contributed by atoms with Crippen LogP contribution in [0.4, 0.5) is 16.2 Å². The molecule has 6 atom stereocenters. The maximum Gasteiger partial charge on any atom is 0.421 e. The number of aliphatic carboxylic acids is 1. The zero-order chi connectivity index (χ0) is 46.9. The van der Waals surface area contributed by atoms with Crippen LogP contribution in [0.1, 0.15) is 90.1 Å². The van der Waals surface area contributed by atoms with E-state index in [-0.39, 0.29) is 30.2 Å². The minimum atomic E-state index is -2.26. The van der Waals surface area contributed by atoms with E-state index in [1.54, 1.807) is 53.4 Å². The van der Waals surface area contributed by atoms with E-state index in [0.717, 1.165) is 30.6 Å². The van der Waals surface area contributed by atoms with E-state index in [0.29, 0.717) is 46.4 Å². The van der Waals surface area contributed by atoms with Gasteiger partial charge in [0.05, 0.1) is 29.3 Å². The lowest BCUT2D eigenvalue weighted by Gasteiger charge is -2.46. The number of carboxylic acids is 1. The van der Waals surface area contributed by atoms with Crippen LogP contribution >= 0.6 is 0 Å². The molecule has 3 N–H and O–H groups in total. The number of imide groups is 1. The van der Waals surface area contributed by atoms with Crippen LogP contribution in [0.3, 0.4) is 0 Å². The first-order valence-electron chi connectivity index (χ1n) is 22.2. The number of aliphatic hydroxyl groups is 2. The minimum absolute atomic E-state index is 0.000613. The van der Waals surface area contributed by atoms with Gasteiger partial charge in [0.1, 0.15) is 48.0 Å². The lowest BCUT2D eigenvalue weighted by atomic mass is 9.65. The van der Waals surface area contributed by atoms with Crippen molar-refractivity contribution in [2.75, 3.05) is 18.1 Å². The summed E-state index contributed by atoms with van der Waals surface area (Å²) in [6, 6.07) is 31.0. The van der Waals surface area contributed by atoms with Gasteiger partial charge in [-0.1, -0.05) is 97.5 Å². The number of aliphatic hydroxyl groups excluding tert-OH is 1. The van der Waals surface area contributed by atoms with Gasteiger partial charge in [-0.3, -0.25) is 29.4 Å². The second-order valence-corrected chi connectivity index (χ2v) is 17.3. The van der Waals surface area contributed by atoms with E-state index < -0.39 is 76.6 Å². The number of carbonyl (C=O) groups is 4. The fourth-order valence-electron chi connectivity index (χ4n) is 10.4. The molecule has 3 fully saturated rings. The van der Waals surface area contributed by atoms with Crippen molar-refractivity contribution in [2.45, 2.75) is 80.4 Å². The Bertz CT molecular complexity index is 2750. The van der Waals surface area contributed by atoms with Crippen molar-refractivity contribution in [3.8, 4) is 17.6 Å². The van der Waals surface area contributed by atoms with Crippen LogP contribution in [0.2, 0.25) is 0 Å². The second kappa shape index (κ2) is 18.5. The van der Waals surface area contributed by atoms with Gasteiger partial charge in [0.2, 0.25) is 5.91 Å². The Hall–Kier alpha value is -7.38. The number of nitrogens with zero attached hydrogens (tertiary/aromatic N) is 3. The molecule has 4 aliphatic rings. The topological polar surface area (TPSA) is 206 Å². The van der Waals surface area contributed by atoms with Crippen molar-refractivity contribution in [3.05, 3.63) is 171 Å². The van der Waals surface area contributed by atoms with Crippen LogP contribution in [0.15, 0.2) is 127 Å². The normalized spacial score (nSPS) is 24.1. The zero-order valence-corrected chi connectivity index (χ0v) is 36.2. The average Bonchev–Trinajstić information content (AvgIpc) is 3.68. The largest absolute Gasteiger partial charge is 0.491 e. The number of rotatable bonds is 10. The first-order chi connectivity index (χ1) is 32.4. The molecule has 1 saturated carbocycles. The summed E-state index contributed by atoms with van der Waals surface area (Å²) >= 11 is 0. The van der Waals surface area contributed by atoms with E-state index in [4.69, 9.17) is 14.2 Å². The van der Waals surface area contributed by atoms with Crippen LogP contribution in [-0.4, -0.2) is 73.9 Å². The number of ether oxygens (including phenoxy) is 3. The van der Waals surface area contributed by atoms with E-state index in [2.05, 4.69) is 11.8 Å². The van der Waals surface area contributed by atoms with Crippen molar-refractivity contribution in [1.29, 1.82) is 0 Å². The molecule has 0 radical (unpaired) electrons. The number of non-ortho nitro benzene ring substituents is 1. The predicted octanol–water partition coefficient (Wildman–Crippen LogP) is 7.49. The fraction of sp³-hybridized carbons (Fsp3) is 0.308. The number of morpholine rings is 1. The lowest BCUT2D eigenvalue weighted by Crippen LogP contribution is -2.53. The monoisotopic (exact) mass is 905 g/mol. The van der Waals surface area contributed by atoms with Crippen molar-refractivity contribution in [3.63, 3.8) is 0 Å². The van der Waals surface area contributed by atoms with Gasteiger partial charge in [0.25, 0.3) is 5.69 Å². The Balaban J connectivity index is 1.28. The third-order valence-electron chi connectivity index (χ3n) is 13.3. The summed E-state index contributed by atoms with van der Waals surface area (Å²) in [5.74, 6) is 1.30. The Kier molecular flexibility index (Phi) is 12.4. The van der Waals surface area contributed by atoms with E-state index in [1.165, 1.54) is 30.3 Å². The Morgan fingerprint density at radius 3 is 2.10 bits per heavy atom. The number of cyclic esters (lactones) is 1. The molecule has 3 heterocycles. The molecule has 15 nitrogen and oxygen atoms in total. The third-order valence-corrected chi connectivity index (χ3v) is 13.3. The highest BCUT2D eigenvalue weighted by Crippen LogP contribution is 2.66. The standard InChI is InChI=1S/C52H47N3O12/c56-29-30-65-39-22-18-37(19-23-39)46-52(42(47(57)58)44-48(59)67-45(36-13-7-4-8-14-36)43(54(44)46)35-11-5-3-6-12-35)40-31-33(25-28-51(62)26-9-1-2-10-27-51)17-24-41(40)53(49(52)60)50(61)66-32-34-15-20-38(21-16-34)55(63)64/h3-8,11-24,31,42-46,56,62H,1-2,9-10,26-27,29-30,32H2,(H,57,58)/t42-,43-,44-,45+,46+,52-/m1/s1. The Labute approximate surface area is 385 Å². The van der Waals surface area contributed by atoms with Gasteiger partial charge in [0, 0.05) is 17.7 Å². The molecule has 9 rings (SSSR count). The second-order valence-electron chi connectivity index (χ2n) is 17.3. The van der Waals surface area contributed by atoms with Gasteiger partial charge in [-0.05, 0) is 96.0 Å². The van der Waals surface area contributed by atoms with Gasteiger partial charge in [-0.25, -0.2) is 9.69 Å². The average molecular weight is 906 g/mol. The van der Waals surface area contributed by atoms with E-state index >= 15 is 4.79 Å². The molecule has 2 saturated heterocycles. The fourth-order valence-corrected chi connectivity index (χ4v) is 10.4. The molecule has 15 heteroatoms. The first kappa shape index (κ1) is 44.8. The molecule has 0 bridgehead atoms. The molecular weight excluding hydrogens is 859 g/mol. The number of carboxylic acid groups (broad SMARTS) is 1. The summed E-state index contributed by atoms with van der Waals surface area (Å²) in [4.78, 5) is 73.3. The number of amides is 2. The molecule has 1 spiro atoms. The smallest absolute Gasteiger partial charge is 0.421 e. The SMILES string of the molecule is O=C1O[C@@H](c2ccccc2)[C@@H](c2ccccc2)N2[C@@H](c3ccc(OCCO)cc3)[C@]3(C(=O)N(C(=O)OCc4ccc([N+](=O)[O-])cc4)c4ccc(C#CC5(O)CCCCCC5)cc43)[C@@H](C(=O)O)[C@H]12. The third kappa shape index (κ3) is 8.17. The number of benzene rings is 5. The van der Waals surface area contributed by atoms with Crippen molar-refractivity contribution < 1.29 is 53.6 Å². The molecule has 0 aromatic heterocycles. The number of hydrogen-bond acceptors (Lipinski definition) is 12. The van der Waals surface area contributed by atoms with Gasteiger partial charge in [-0.15, -0.1) is 0 Å². The zero-order valence-electron chi connectivity index (χ0n) is 36.2. The number of hydrogen-bond donors (Lipinski definition) is 3. The van der Waals surface area contributed by atoms with Crippen molar-refractivity contribution in [1.82, 2.24) is 4.90 Å². The predicted molar refractivity (Wildman–Crippen MR) is 241 cm³/mol. The highest BCUT2D eigenvalue weighted by atomic mass is 16.6. The van der Waals surface area contributed by atoms with Crippen molar-refractivity contribution >= 4 is 35.3 Å². The molecule has 67 heavy (non-hydrogen) atoms. The van der Waals surface area contributed by atoms with Crippen LogP contribution in [0.5, 0.6) is 5.75 Å². The number of nitro benzene ring substituents is 1. The van der Waals surface area contributed by atoms with Gasteiger partial charge >= 0.3 is 18.0 Å². The van der Waals surface area contributed by atoms with Gasteiger partial charge in [-0.2, -0.15) is 0 Å². The lowest BCUT2D eigenvalue weighted by molar-refractivity contribution is -0.384. The summed E-state index contributed by atoms with van der Waals surface area (Å²) < 4.78 is 17.8. The maximum atomic E-state index is 16.1. The molecule has 5 aromatic rings. The number of esters is 1. The molecule has 3 aliphatic heterocycles. The molecule has 2 amide bonds. The van der Waals surface area contributed by atoms with E-state index in [1.807, 2.05) is 48.5 Å². The molecule has 1 aliphatic carbocycles. The highest BCUT2D eigenvalue weighted by Gasteiger charge is 2.76. The number of carbonyl (C=O) groups excluding carboxylic acids is 3. The first-order valence-corrected chi connectivity index (χ1v) is 22.2. The number of anilines is 1. The highest BCUT2D eigenvalue weighted by molar-refractivity contribution is 6.23. The summed E-state index contributed by atoms with van der Waals surface area (Å²) in [6.45, 7) is -0.665. The van der Waals surface area contributed by atoms with Crippen LogP contribution in [0.25, 0.3) is 0 Å². The quantitative estimate of drug-likeness (QED) is 0.0409.